The highest BCUT2D eigenvalue weighted by Crippen LogP contribution is 2.10. The van der Waals surface area contributed by atoms with Crippen LogP contribution < -0.4 is 0 Å². The van der Waals surface area contributed by atoms with Crippen LogP contribution in [0.1, 0.15) is 53.4 Å². The van der Waals surface area contributed by atoms with Crippen molar-refractivity contribution in [2.75, 3.05) is 13.2 Å². The molecule has 0 aliphatic rings. The van der Waals surface area contributed by atoms with Gasteiger partial charge in [-0.3, -0.25) is 9.59 Å². The number of aliphatic hydroxyl groups excluding tert-OH is 2. The zero-order valence-corrected chi connectivity index (χ0v) is 12.3. The van der Waals surface area contributed by atoms with E-state index in [1.165, 1.54) is 0 Å². The van der Waals surface area contributed by atoms with Crippen LogP contribution in [0.15, 0.2) is 0 Å². The van der Waals surface area contributed by atoms with E-state index in [1.807, 2.05) is 13.8 Å². The SMILES string of the molecule is CC(C)(CO)CO.CCCC(=O)O.CCCC(=O)O. The van der Waals surface area contributed by atoms with Crippen LogP contribution in [0.5, 0.6) is 0 Å². The molecule has 0 aliphatic heterocycles. The topological polar surface area (TPSA) is 115 Å². The van der Waals surface area contributed by atoms with Crippen LogP contribution in [0.4, 0.5) is 0 Å². The largest absolute Gasteiger partial charge is 0.481 e. The Balaban J connectivity index is -0.000000203. The Morgan fingerprint density at radius 2 is 1.11 bits per heavy atom. The Labute approximate surface area is 115 Å². The lowest BCUT2D eigenvalue weighted by Gasteiger charge is -2.16. The molecule has 0 aromatic rings. The van der Waals surface area contributed by atoms with Gasteiger partial charge in [0.2, 0.25) is 0 Å². The summed E-state index contributed by atoms with van der Waals surface area (Å²) >= 11 is 0. The summed E-state index contributed by atoms with van der Waals surface area (Å²) in [7, 11) is 0. The van der Waals surface area contributed by atoms with E-state index in [1.54, 1.807) is 13.8 Å². The van der Waals surface area contributed by atoms with Gasteiger partial charge in [-0.2, -0.15) is 0 Å². The number of carbonyl (C=O) groups is 2. The minimum Gasteiger partial charge on any atom is -0.481 e. The smallest absolute Gasteiger partial charge is 0.303 e. The molecule has 0 unspecified atom stereocenters. The third-order valence-corrected chi connectivity index (χ3v) is 1.78. The van der Waals surface area contributed by atoms with Crippen molar-refractivity contribution in [2.24, 2.45) is 5.41 Å². The van der Waals surface area contributed by atoms with E-state index in [-0.39, 0.29) is 18.6 Å². The van der Waals surface area contributed by atoms with Crippen LogP contribution in [-0.4, -0.2) is 45.6 Å². The Morgan fingerprint density at radius 1 is 0.842 bits per heavy atom. The first-order valence-corrected chi connectivity index (χ1v) is 6.32. The second kappa shape index (κ2) is 14.9. The van der Waals surface area contributed by atoms with Gasteiger partial charge in [-0.1, -0.05) is 27.7 Å². The number of carboxylic acid groups (broad SMARTS) is 2. The Kier molecular flexibility index (Phi) is 18.1. The van der Waals surface area contributed by atoms with Crippen molar-refractivity contribution < 1.29 is 30.0 Å². The van der Waals surface area contributed by atoms with Crippen molar-refractivity contribution >= 4 is 11.9 Å². The van der Waals surface area contributed by atoms with Gasteiger partial charge < -0.3 is 20.4 Å². The standard InChI is InChI=1S/C5H12O2.2C4H8O2/c1-5(2,3-6)4-7;2*1-2-3-4(5)6/h6-7H,3-4H2,1-2H3;2*2-3H2,1H3,(H,5,6). The molecule has 0 fully saturated rings. The van der Waals surface area contributed by atoms with Gasteiger partial charge in [-0.25, -0.2) is 0 Å². The minimum absolute atomic E-state index is 0.0451. The molecule has 0 aromatic heterocycles. The monoisotopic (exact) mass is 280 g/mol. The molecule has 0 radical (unpaired) electrons. The van der Waals surface area contributed by atoms with Gasteiger partial charge in [-0.15, -0.1) is 0 Å². The lowest BCUT2D eigenvalue weighted by Crippen LogP contribution is -2.20. The molecule has 6 heteroatoms. The maximum Gasteiger partial charge on any atom is 0.303 e. The zero-order valence-electron chi connectivity index (χ0n) is 12.3. The van der Waals surface area contributed by atoms with E-state index in [4.69, 9.17) is 20.4 Å². The van der Waals surface area contributed by atoms with Crippen LogP contribution >= 0.6 is 0 Å². The van der Waals surface area contributed by atoms with E-state index < -0.39 is 11.9 Å². The van der Waals surface area contributed by atoms with E-state index >= 15 is 0 Å². The van der Waals surface area contributed by atoms with E-state index in [9.17, 15) is 9.59 Å². The van der Waals surface area contributed by atoms with Crippen molar-refractivity contribution in [1.82, 2.24) is 0 Å². The second-order valence-corrected chi connectivity index (χ2v) is 4.77. The average molecular weight is 280 g/mol. The number of aliphatic carboxylic acids is 2. The lowest BCUT2D eigenvalue weighted by atomic mass is 9.97. The van der Waals surface area contributed by atoms with E-state index in [0.717, 1.165) is 12.8 Å². The summed E-state index contributed by atoms with van der Waals surface area (Å²) in [4.78, 5) is 19.2. The lowest BCUT2D eigenvalue weighted by molar-refractivity contribution is -0.138. The second-order valence-electron chi connectivity index (χ2n) is 4.77. The van der Waals surface area contributed by atoms with E-state index in [0.29, 0.717) is 12.8 Å². The third kappa shape index (κ3) is 31.6. The summed E-state index contributed by atoms with van der Waals surface area (Å²) in [6, 6.07) is 0. The Morgan fingerprint density at radius 3 is 1.11 bits per heavy atom. The summed E-state index contributed by atoms with van der Waals surface area (Å²) in [6.07, 6.45) is 2.05. The summed E-state index contributed by atoms with van der Waals surface area (Å²) < 4.78 is 0. The molecule has 0 amide bonds. The third-order valence-electron chi connectivity index (χ3n) is 1.78. The number of hydrogen-bond acceptors (Lipinski definition) is 4. The minimum atomic E-state index is -0.711. The first-order chi connectivity index (χ1) is 8.66. The molecule has 0 saturated carbocycles. The molecule has 0 heterocycles. The zero-order chi connectivity index (χ0) is 15.9. The normalized spacial score (nSPS) is 9.58. The fourth-order valence-corrected chi connectivity index (χ4v) is 0.478. The summed E-state index contributed by atoms with van der Waals surface area (Å²) in [5.74, 6) is -1.42. The molecule has 6 nitrogen and oxygen atoms in total. The molecular formula is C13H28O6. The van der Waals surface area contributed by atoms with E-state index in [2.05, 4.69) is 0 Å². The maximum absolute atomic E-state index is 9.60. The highest BCUT2D eigenvalue weighted by Gasteiger charge is 2.13. The molecule has 0 aromatic carbocycles. The predicted octanol–water partition coefficient (Wildman–Crippen LogP) is 1.74. The first-order valence-electron chi connectivity index (χ1n) is 6.32. The van der Waals surface area contributed by atoms with Crippen LogP contribution in [0, 0.1) is 5.41 Å². The Hall–Kier alpha value is -1.14. The molecule has 0 aliphatic carbocycles. The molecule has 116 valence electrons. The van der Waals surface area contributed by atoms with Gasteiger partial charge in [0, 0.05) is 18.3 Å². The molecule has 0 atom stereocenters. The van der Waals surface area contributed by atoms with Gasteiger partial charge in [-0.05, 0) is 12.8 Å². The van der Waals surface area contributed by atoms with Crippen molar-refractivity contribution in [1.29, 1.82) is 0 Å². The summed E-state index contributed by atoms with van der Waals surface area (Å²) in [5, 5.41) is 32.7. The molecule has 0 spiro atoms. The molecule has 0 saturated heterocycles. The van der Waals surface area contributed by atoms with Gasteiger partial charge in [0.25, 0.3) is 0 Å². The van der Waals surface area contributed by atoms with Crippen molar-refractivity contribution in [2.45, 2.75) is 53.4 Å². The highest BCUT2D eigenvalue weighted by molar-refractivity contribution is 5.66. The van der Waals surface area contributed by atoms with Gasteiger partial charge in [0.05, 0.1) is 13.2 Å². The quantitative estimate of drug-likeness (QED) is 0.589. The maximum atomic E-state index is 9.60. The van der Waals surface area contributed by atoms with Gasteiger partial charge in [0.1, 0.15) is 0 Å². The van der Waals surface area contributed by atoms with Gasteiger partial charge in [0.15, 0.2) is 0 Å². The van der Waals surface area contributed by atoms with Gasteiger partial charge >= 0.3 is 11.9 Å². The fourth-order valence-electron chi connectivity index (χ4n) is 0.478. The summed E-state index contributed by atoms with van der Waals surface area (Å²) in [6.45, 7) is 7.37. The predicted molar refractivity (Wildman–Crippen MR) is 73.0 cm³/mol. The van der Waals surface area contributed by atoms with Crippen molar-refractivity contribution in [3.63, 3.8) is 0 Å². The number of rotatable bonds is 6. The van der Waals surface area contributed by atoms with Crippen LogP contribution in [0.25, 0.3) is 0 Å². The molecular weight excluding hydrogens is 252 g/mol. The molecule has 0 rings (SSSR count). The average Bonchev–Trinajstić information content (AvgIpc) is 2.30. The number of hydrogen-bond donors (Lipinski definition) is 4. The number of carboxylic acids is 2. The molecule has 19 heavy (non-hydrogen) atoms. The Bertz CT molecular complexity index is 203. The summed E-state index contributed by atoms with van der Waals surface area (Å²) in [5.41, 5.74) is -0.306. The van der Waals surface area contributed by atoms with Crippen LogP contribution in [0.3, 0.4) is 0 Å². The van der Waals surface area contributed by atoms with Crippen LogP contribution in [-0.2, 0) is 9.59 Å². The van der Waals surface area contributed by atoms with Crippen molar-refractivity contribution in [3.8, 4) is 0 Å². The van der Waals surface area contributed by atoms with Crippen LogP contribution in [0.2, 0.25) is 0 Å². The highest BCUT2D eigenvalue weighted by atomic mass is 16.4. The fraction of sp³-hybridized carbons (Fsp3) is 0.846. The number of aliphatic hydroxyl groups is 2. The van der Waals surface area contributed by atoms with Crippen molar-refractivity contribution in [3.05, 3.63) is 0 Å². The molecule has 4 N–H and O–H groups in total. The first kappa shape index (κ1) is 23.0. The molecule has 0 bridgehead atoms.